The van der Waals surface area contributed by atoms with Crippen LogP contribution in [0, 0.1) is 11.3 Å². The van der Waals surface area contributed by atoms with E-state index in [2.05, 4.69) is 10.3 Å². The second-order valence-electron chi connectivity index (χ2n) is 4.39. The molecule has 1 aromatic heterocycles. The average molecular weight is 245 g/mol. The van der Waals surface area contributed by atoms with Gasteiger partial charge < -0.3 is 10.1 Å². The minimum absolute atomic E-state index is 0.153. The highest BCUT2D eigenvalue weighted by Crippen LogP contribution is 2.21. The van der Waals surface area contributed by atoms with Crippen LogP contribution < -0.4 is 5.32 Å². The third kappa shape index (κ3) is 2.84. The minimum Gasteiger partial charge on any atom is -0.381 e. The van der Waals surface area contributed by atoms with E-state index >= 15 is 0 Å². The zero-order valence-corrected chi connectivity index (χ0v) is 10.2. The lowest BCUT2D eigenvalue weighted by atomic mass is 10.2. The van der Waals surface area contributed by atoms with Gasteiger partial charge in [-0.15, -0.1) is 0 Å². The quantitative estimate of drug-likeness (QED) is 0.869. The molecule has 1 N–H and O–H groups in total. The maximum Gasteiger partial charge on any atom is 0.270 e. The zero-order chi connectivity index (χ0) is 13.0. The van der Waals surface area contributed by atoms with E-state index in [-0.39, 0.29) is 18.1 Å². The fourth-order valence-corrected chi connectivity index (χ4v) is 2.14. The van der Waals surface area contributed by atoms with E-state index < -0.39 is 0 Å². The number of ether oxygens (including phenoxy) is 1. The van der Waals surface area contributed by atoms with Crippen molar-refractivity contribution in [1.82, 2.24) is 10.3 Å². The number of rotatable bonds is 3. The van der Waals surface area contributed by atoms with Crippen molar-refractivity contribution >= 4 is 5.91 Å². The molecular formula is C13H15N3O2. The Hall–Kier alpha value is -1.93. The Balaban J connectivity index is 1.93. The number of nitriles is 1. The van der Waals surface area contributed by atoms with Crippen LogP contribution in [0.3, 0.4) is 0 Å². The first-order valence-electron chi connectivity index (χ1n) is 5.92. The number of hydrogen-bond donors (Lipinski definition) is 1. The summed E-state index contributed by atoms with van der Waals surface area (Å²) in [6, 6.07) is 5.28. The van der Waals surface area contributed by atoms with Crippen molar-refractivity contribution in [3.63, 3.8) is 0 Å². The number of carbonyl (C=O) groups excluding carboxylic acids is 1. The second-order valence-corrected chi connectivity index (χ2v) is 4.39. The molecule has 18 heavy (non-hydrogen) atoms. The molecule has 1 aliphatic rings. The number of amides is 1. The number of carbonyl (C=O) groups is 1. The summed E-state index contributed by atoms with van der Waals surface area (Å²) in [5, 5.41) is 11.6. The largest absolute Gasteiger partial charge is 0.381 e. The van der Waals surface area contributed by atoms with E-state index in [1.54, 1.807) is 19.2 Å². The van der Waals surface area contributed by atoms with Crippen molar-refractivity contribution in [2.24, 2.45) is 0 Å². The summed E-state index contributed by atoms with van der Waals surface area (Å²) in [5.74, 6) is -0.193. The van der Waals surface area contributed by atoms with Gasteiger partial charge in [0.1, 0.15) is 11.8 Å². The summed E-state index contributed by atoms with van der Waals surface area (Å²) < 4.78 is 5.26. The highest BCUT2D eigenvalue weighted by Gasteiger charge is 2.26. The van der Waals surface area contributed by atoms with Crippen molar-refractivity contribution in [1.29, 1.82) is 5.26 Å². The van der Waals surface area contributed by atoms with E-state index in [0.29, 0.717) is 11.3 Å². The first-order valence-corrected chi connectivity index (χ1v) is 5.92. The smallest absolute Gasteiger partial charge is 0.270 e. The van der Waals surface area contributed by atoms with Crippen LogP contribution >= 0.6 is 0 Å². The lowest BCUT2D eigenvalue weighted by Gasteiger charge is -2.12. The van der Waals surface area contributed by atoms with Crippen LogP contribution in [0.25, 0.3) is 0 Å². The normalized spacial score (nSPS) is 22.4. The molecule has 0 radical (unpaired) electrons. The van der Waals surface area contributed by atoms with Gasteiger partial charge >= 0.3 is 0 Å². The number of nitrogens with one attached hydrogen (secondary N) is 1. The SMILES string of the molecule is COC1CCC(NC(=O)c2ccc(C#N)cn2)C1. The standard InChI is InChI=1S/C13H15N3O2/c1-18-11-4-3-10(6-11)16-13(17)12-5-2-9(7-14)8-15-12/h2,5,8,10-11H,3-4,6H2,1H3,(H,16,17). The molecule has 1 fully saturated rings. The van der Waals surface area contributed by atoms with Crippen LogP contribution in [-0.2, 0) is 4.74 Å². The molecule has 2 atom stereocenters. The molecule has 2 rings (SSSR count). The van der Waals surface area contributed by atoms with Crippen LogP contribution in [0.1, 0.15) is 35.3 Å². The highest BCUT2D eigenvalue weighted by atomic mass is 16.5. The minimum atomic E-state index is -0.193. The van der Waals surface area contributed by atoms with Crippen molar-refractivity contribution in [2.45, 2.75) is 31.4 Å². The molecule has 0 spiro atoms. The van der Waals surface area contributed by atoms with Gasteiger partial charge in [0.2, 0.25) is 0 Å². The second kappa shape index (κ2) is 5.61. The van der Waals surface area contributed by atoms with Crippen LogP contribution in [0.4, 0.5) is 0 Å². The predicted octanol–water partition coefficient (Wildman–Crippen LogP) is 1.25. The summed E-state index contributed by atoms with van der Waals surface area (Å²) in [5.41, 5.74) is 0.793. The fraction of sp³-hybridized carbons (Fsp3) is 0.462. The van der Waals surface area contributed by atoms with Gasteiger partial charge in [0.25, 0.3) is 5.91 Å². The third-order valence-electron chi connectivity index (χ3n) is 3.18. The van der Waals surface area contributed by atoms with Crippen LogP contribution in [0.5, 0.6) is 0 Å². The lowest BCUT2D eigenvalue weighted by molar-refractivity contribution is 0.0910. The van der Waals surface area contributed by atoms with E-state index in [4.69, 9.17) is 10.00 Å². The molecule has 0 bridgehead atoms. The molecule has 5 nitrogen and oxygen atoms in total. The topological polar surface area (TPSA) is 75.0 Å². The molecule has 94 valence electrons. The summed E-state index contributed by atoms with van der Waals surface area (Å²) in [6.45, 7) is 0. The molecule has 0 aromatic carbocycles. The Kier molecular flexibility index (Phi) is 3.90. The maximum absolute atomic E-state index is 11.9. The number of aromatic nitrogens is 1. The molecule has 0 saturated heterocycles. The number of methoxy groups -OCH3 is 1. The van der Waals surface area contributed by atoms with Gasteiger partial charge in [-0.1, -0.05) is 0 Å². The Morgan fingerprint density at radius 3 is 2.94 bits per heavy atom. The Bertz CT molecular complexity index is 464. The summed E-state index contributed by atoms with van der Waals surface area (Å²) in [4.78, 5) is 15.9. The van der Waals surface area contributed by atoms with Gasteiger partial charge in [-0.3, -0.25) is 4.79 Å². The molecule has 1 aromatic rings. The summed E-state index contributed by atoms with van der Waals surface area (Å²) in [7, 11) is 1.69. The Labute approximate surface area is 106 Å². The van der Waals surface area contributed by atoms with Crippen molar-refractivity contribution in [2.75, 3.05) is 7.11 Å². The van der Waals surface area contributed by atoms with Crippen molar-refractivity contribution in [3.8, 4) is 6.07 Å². The predicted molar refractivity (Wildman–Crippen MR) is 64.9 cm³/mol. The van der Waals surface area contributed by atoms with Crippen LogP contribution in [0.2, 0.25) is 0 Å². The Morgan fingerprint density at radius 2 is 2.39 bits per heavy atom. The van der Waals surface area contributed by atoms with E-state index in [9.17, 15) is 4.79 Å². The molecule has 1 amide bonds. The van der Waals surface area contributed by atoms with Crippen molar-refractivity contribution < 1.29 is 9.53 Å². The van der Waals surface area contributed by atoms with Gasteiger partial charge in [-0.25, -0.2) is 4.98 Å². The number of pyridine rings is 1. The molecule has 1 heterocycles. The van der Waals surface area contributed by atoms with E-state index in [1.165, 1.54) is 6.20 Å². The molecule has 1 aliphatic carbocycles. The zero-order valence-electron chi connectivity index (χ0n) is 10.2. The first-order chi connectivity index (χ1) is 8.72. The number of nitrogens with zero attached hydrogens (tertiary/aromatic N) is 2. The van der Waals surface area contributed by atoms with Gasteiger partial charge in [-0.2, -0.15) is 5.26 Å². The summed E-state index contributed by atoms with van der Waals surface area (Å²) >= 11 is 0. The van der Waals surface area contributed by atoms with Gasteiger partial charge in [-0.05, 0) is 31.4 Å². The monoisotopic (exact) mass is 245 g/mol. The Morgan fingerprint density at radius 1 is 1.56 bits per heavy atom. The van der Waals surface area contributed by atoms with Crippen LogP contribution in [-0.4, -0.2) is 30.1 Å². The molecule has 0 aliphatic heterocycles. The van der Waals surface area contributed by atoms with E-state index in [0.717, 1.165) is 19.3 Å². The fourth-order valence-electron chi connectivity index (χ4n) is 2.14. The van der Waals surface area contributed by atoms with Gasteiger partial charge in [0, 0.05) is 19.3 Å². The lowest BCUT2D eigenvalue weighted by Crippen LogP contribution is -2.33. The maximum atomic E-state index is 11.9. The number of hydrogen-bond acceptors (Lipinski definition) is 4. The van der Waals surface area contributed by atoms with Crippen molar-refractivity contribution in [3.05, 3.63) is 29.6 Å². The molecule has 2 unspecified atom stereocenters. The van der Waals surface area contributed by atoms with Gasteiger partial charge in [0.15, 0.2) is 0 Å². The third-order valence-corrected chi connectivity index (χ3v) is 3.18. The molecular weight excluding hydrogens is 230 g/mol. The average Bonchev–Trinajstić information content (AvgIpc) is 2.86. The van der Waals surface area contributed by atoms with E-state index in [1.807, 2.05) is 6.07 Å². The summed E-state index contributed by atoms with van der Waals surface area (Å²) in [6.07, 6.45) is 4.40. The highest BCUT2D eigenvalue weighted by molar-refractivity contribution is 5.92. The van der Waals surface area contributed by atoms with Gasteiger partial charge in [0.05, 0.1) is 11.7 Å². The molecule has 5 heteroatoms. The first kappa shape index (κ1) is 12.5. The van der Waals surface area contributed by atoms with Crippen LogP contribution in [0.15, 0.2) is 18.3 Å². The molecule has 1 saturated carbocycles.